The second kappa shape index (κ2) is 6.99. The maximum Gasteiger partial charge on any atom is 0.308 e. The molecule has 1 aromatic carbocycles. The SMILES string of the molecule is Cc1nc(CC(=O)NCc2ccccc2)sc1CC(=O)O. The Morgan fingerprint density at radius 1 is 1.24 bits per heavy atom. The molecule has 110 valence electrons. The van der Waals surface area contributed by atoms with Gasteiger partial charge in [0.15, 0.2) is 0 Å². The van der Waals surface area contributed by atoms with Crippen LogP contribution in [0.15, 0.2) is 30.3 Å². The van der Waals surface area contributed by atoms with Crippen LogP contribution < -0.4 is 5.32 Å². The van der Waals surface area contributed by atoms with Gasteiger partial charge in [-0.25, -0.2) is 4.98 Å². The first-order valence-electron chi connectivity index (χ1n) is 6.52. The van der Waals surface area contributed by atoms with Crippen molar-refractivity contribution in [2.45, 2.75) is 26.3 Å². The molecule has 0 atom stereocenters. The van der Waals surface area contributed by atoms with Crippen LogP contribution in [0.3, 0.4) is 0 Å². The molecule has 6 heteroatoms. The van der Waals surface area contributed by atoms with Crippen molar-refractivity contribution in [2.24, 2.45) is 0 Å². The molecule has 0 saturated carbocycles. The number of aromatic nitrogens is 1. The maximum absolute atomic E-state index is 11.9. The molecule has 0 saturated heterocycles. The third-order valence-electron chi connectivity index (χ3n) is 2.89. The molecule has 0 fully saturated rings. The lowest BCUT2D eigenvalue weighted by Crippen LogP contribution is -2.24. The lowest BCUT2D eigenvalue weighted by molar-refractivity contribution is -0.136. The van der Waals surface area contributed by atoms with Crippen molar-refractivity contribution in [1.29, 1.82) is 0 Å². The Morgan fingerprint density at radius 3 is 2.62 bits per heavy atom. The number of aliphatic carboxylic acids is 1. The van der Waals surface area contributed by atoms with Crippen LogP contribution in [0, 0.1) is 6.92 Å². The summed E-state index contributed by atoms with van der Waals surface area (Å²) >= 11 is 1.29. The molecule has 1 heterocycles. The van der Waals surface area contributed by atoms with E-state index in [1.54, 1.807) is 6.92 Å². The second-order valence-electron chi connectivity index (χ2n) is 4.63. The van der Waals surface area contributed by atoms with Gasteiger partial charge in [-0.15, -0.1) is 11.3 Å². The largest absolute Gasteiger partial charge is 0.481 e. The van der Waals surface area contributed by atoms with Crippen LogP contribution in [0.25, 0.3) is 0 Å². The van der Waals surface area contributed by atoms with Crippen LogP contribution >= 0.6 is 11.3 Å². The molecular weight excluding hydrogens is 288 g/mol. The number of hydrogen-bond donors (Lipinski definition) is 2. The number of thiazole rings is 1. The second-order valence-corrected chi connectivity index (χ2v) is 5.79. The van der Waals surface area contributed by atoms with Crippen molar-refractivity contribution in [3.63, 3.8) is 0 Å². The number of hydrogen-bond acceptors (Lipinski definition) is 4. The third kappa shape index (κ3) is 4.68. The number of nitrogens with zero attached hydrogens (tertiary/aromatic N) is 1. The van der Waals surface area contributed by atoms with Crippen molar-refractivity contribution in [3.8, 4) is 0 Å². The summed E-state index contributed by atoms with van der Waals surface area (Å²) in [4.78, 5) is 27.5. The number of carbonyl (C=O) groups excluding carboxylic acids is 1. The lowest BCUT2D eigenvalue weighted by atomic mass is 10.2. The van der Waals surface area contributed by atoms with Crippen LogP contribution in [-0.2, 0) is 29.0 Å². The van der Waals surface area contributed by atoms with E-state index in [2.05, 4.69) is 10.3 Å². The molecule has 0 bridgehead atoms. The summed E-state index contributed by atoms with van der Waals surface area (Å²) in [5, 5.41) is 12.3. The Hall–Kier alpha value is -2.21. The van der Waals surface area contributed by atoms with Gasteiger partial charge in [0.25, 0.3) is 0 Å². The number of carboxylic acids is 1. The molecule has 1 aromatic heterocycles. The van der Waals surface area contributed by atoms with Gasteiger partial charge in [0.2, 0.25) is 5.91 Å². The Labute approximate surface area is 126 Å². The normalized spacial score (nSPS) is 10.3. The molecule has 0 aliphatic heterocycles. The molecule has 0 aliphatic carbocycles. The highest BCUT2D eigenvalue weighted by Gasteiger charge is 2.13. The predicted octanol–water partition coefficient (Wildman–Crippen LogP) is 1.94. The number of nitrogens with one attached hydrogen (secondary N) is 1. The number of aryl methyl sites for hydroxylation is 1. The van der Waals surface area contributed by atoms with Crippen molar-refractivity contribution in [3.05, 3.63) is 51.5 Å². The van der Waals surface area contributed by atoms with Gasteiger partial charge in [0.1, 0.15) is 5.01 Å². The van der Waals surface area contributed by atoms with Gasteiger partial charge < -0.3 is 10.4 Å². The Kier molecular flexibility index (Phi) is 5.05. The van der Waals surface area contributed by atoms with Crippen LogP contribution in [0.1, 0.15) is 21.1 Å². The Morgan fingerprint density at radius 2 is 1.95 bits per heavy atom. The highest BCUT2D eigenvalue weighted by Crippen LogP contribution is 2.19. The molecule has 2 rings (SSSR count). The van der Waals surface area contributed by atoms with Gasteiger partial charge in [-0.05, 0) is 12.5 Å². The molecule has 1 amide bonds. The summed E-state index contributed by atoms with van der Waals surface area (Å²) in [5.41, 5.74) is 1.72. The zero-order valence-corrected chi connectivity index (χ0v) is 12.4. The summed E-state index contributed by atoms with van der Waals surface area (Å²) in [6.45, 7) is 2.24. The van der Waals surface area contributed by atoms with E-state index in [4.69, 9.17) is 5.11 Å². The predicted molar refractivity (Wildman–Crippen MR) is 80.2 cm³/mol. The Bertz CT molecular complexity index is 638. The van der Waals surface area contributed by atoms with E-state index < -0.39 is 5.97 Å². The highest BCUT2D eigenvalue weighted by atomic mass is 32.1. The number of carbonyl (C=O) groups is 2. The minimum atomic E-state index is -0.887. The maximum atomic E-state index is 11.9. The fraction of sp³-hybridized carbons (Fsp3) is 0.267. The molecule has 0 radical (unpaired) electrons. The lowest BCUT2D eigenvalue weighted by Gasteiger charge is -2.03. The fourth-order valence-corrected chi connectivity index (χ4v) is 2.92. The molecular formula is C15H16N2O3S. The van der Waals surface area contributed by atoms with Crippen molar-refractivity contribution in [1.82, 2.24) is 10.3 Å². The third-order valence-corrected chi connectivity index (χ3v) is 4.05. The molecule has 21 heavy (non-hydrogen) atoms. The average Bonchev–Trinajstić information content (AvgIpc) is 2.77. The minimum Gasteiger partial charge on any atom is -0.481 e. The van der Waals surface area contributed by atoms with Gasteiger partial charge >= 0.3 is 5.97 Å². The molecule has 2 aromatic rings. The highest BCUT2D eigenvalue weighted by molar-refractivity contribution is 7.11. The van der Waals surface area contributed by atoms with E-state index in [0.717, 1.165) is 5.56 Å². The van der Waals surface area contributed by atoms with E-state index in [9.17, 15) is 9.59 Å². The first kappa shape index (κ1) is 15.2. The topological polar surface area (TPSA) is 79.3 Å². The van der Waals surface area contributed by atoms with Gasteiger partial charge in [-0.2, -0.15) is 0 Å². The van der Waals surface area contributed by atoms with Crippen LogP contribution in [0.4, 0.5) is 0 Å². The van der Waals surface area contributed by atoms with Gasteiger partial charge in [0, 0.05) is 11.4 Å². The molecule has 0 aliphatic rings. The first-order valence-corrected chi connectivity index (χ1v) is 7.34. The molecule has 0 unspecified atom stereocenters. The summed E-state index contributed by atoms with van der Waals surface area (Å²) < 4.78 is 0. The Balaban J connectivity index is 1.89. The quantitative estimate of drug-likeness (QED) is 0.855. The minimum absolute atomic E-state index is 0.0465. The zero-order chi connectivity index (χ0) is 15.2. The van der Waals surface area contributed by atoms with Crippen molar-refractivity contribution in [2.75, 3.05) is 0 Å². The monoisotopic (exact) mass is 304 g/mol. The smallest absolute Gasteiger partial charge is 0.308 e. The standard InChI is InChI=1S/C15H16N2O3S/c1-10-12(7-15(19)20)21-14(17-10)8-13(18)16-9-11-5-3-2-4-6-11/h2-6H,7-9H2,1H3,(H,16,18)(H,19,20). The van der Waals surface area contributed by atoms with Crippen LogP contribution in [-0.4, -0.2) is 22.0 Å². The van der Waals surface area contributed by atoms with E-state index in [1.165, 1.54) is 11.3 Å². The number of carboxylic acid groups (broad SMARTS) is 1. The molecule has 2 N–H and O–H groups in total. The summed E-state index contributed by atoms with van der Waals surface area (Å²) in [6, 6.07) is 9.65. The van der Waals surface area contributed by atoms with E-state index in [0.29, 0.717) is 22.1 Å². The van der Waals surface area contributed by atoms with E-state index >= 15 is 0 Å². The number of amides is 1. The van der Waals surface area contributed by atoms with Gasteiger partial charge in [-0.3, -0.25) is 9.59 Å². The molecule has 5 nitrogen and oxygen atoms in total. The summed E-state index contributed by atoms with van der Waals surface area (Å²) in [7, 11) is 0. The van der Waals surface area contributed by atoms with Crippen molar-refractivity contribution < 1.29 is 14.7 Å². The van der Waals surface area contributed by atoms with Gasteiger partial charge in [0.05, 0.1) is 18.5 Å². The first-order chi connectivity index (χ1) is 10.0. The number of rotatable bonds is 6. The van der Waals surface area contributed by atoms with Crippen molar-refractivity contribution >= 4 is 23.2 Å². The fourth-order valence-electron chi connectivity index (χ4n) is 1.86. The summed E-state index contributed by atoms with van der Waals surface area (Å²) in [6.07, 6.45) is 0.132. The van der Waals surface area contributed by atoms with E-state index in [1.807, 2.05) is 30.3 Å². The zero-order valence-electron chi connectivity index (χ0n) is 11.6. The van der Waals surface area contributed by atoms with Gasteiger partial charge in [-0.1, -0.05) is 30.3 Å². The van der Waals surface area contributed by atoms with Crippen LogP contribution in [0.2, 0.25) is 0 Å². The number of benzene rings is 1. The average molecular weight is 304 g/mol. The van der Waals surface area contributed by atoms with E-state index in [-0.39, 0.29) is 18.7 Å². The van der Waals surface area contributed by atoms with Crippen LogP contribution in [0.5, 0.6) is 0 Å². The summed E-state index contributed by atoms with van der Waals surface area (Å²) in [5.74, 6) is -1.00. The molecule has 0 spiro atoms.